The van der Waals surface area contributed by atoms with E-state index in [2.05, 4.69) is 34.0 Å². The van der Waals surface area contributed by atoms with Gasteiger partial charge in [-0.15, -0.1) is 0 Å². The number of nitrogens with two attached hydrogens (primary N) is 1. The smallest absolute Gasteiger partial charge is 0.227 e. The van der Waals surface area contributed by atoms with Crippen molar-refractivity contribution < 1.29 is 0 Å². The fourth-order valence-electron chi connectivity index (χ4n) is 1.41. The van der Waals surface area contributed by atoms with E-state index in [1.54, 1.807) is 0 Å². The molecule has 1 heterocycles. The Labute approximate surface area is 90.7 Å². The van der Waals surface area contributed by atoms with Gasteiger partial charge in [0, 0.05) is 20.1 Å². The molecule has 0 aromatic carbocycles. The summed E-state index contributed by atoms with van der Waals surface area (Å²) in [6.45, 7) is 7.84. The molecular weight excluding hydrogens is 190 g/mol. The van der Waals surface area contributed by atoms with Gasteiger partial charge in [-0.05, 0) is 20.8 Å². The van der Waals surface area contributed by atoms with Crippen molar-refractivity contribution in [1.29, 1.82) is 0 Å². The average Bonchev–Trinajstić information content (AvgIpc) is 2.24. The highest BCUT2D eigenvalue weighted by molar-refractivity contribution is 5.65. The van der Waals surface area contributed by atoms with Gasteiger partial charge in [-0.2, -0.15) is 4.98 Å². The molecule has 0 saturated carbocycles. The Balaban J connectivity index is 3.15. The van der Waals surface area contributed by atoms with Gasteiger partial charge < -0.3 is 16.0 Å². The van der Waals surface area contributed by atoms with Crippen molar-refractivity contribution in [3.8, 4) is 0 Å². The maximum atomic E-state index is 5.84. The fourth-order valence-corrected chi connectivity index (χ4v) is 1.41. The minimum atomic E-state index is 0.619. The molecular formula is C10H19N5. The van der Waals surface area contributed by atoms with Crippen molar-refractivity contribution in [3.63, 3.8) is 0 Å². The number of aryl methyl sites for hydroxylation is 1. The highest BCUT2D eigenvalue weighted by Gasteiger charge is 2.11. The Bertz CT molecular complexity index is 333. The molecule has 3 N–H and O–H groups in total. The first-order valence-corrected chi connectivity index (χ1v) is 5.20. The molecule has 1 rings (SSSR count). The molecule has 15 heavy (non-hydrogen) atoms. The molecule has 0 aliphatic heterocycles. The van der Waals surface area contributed by atoms with Crippen LogP contribution in [0.3, 0.4) is 0 Å². The van der Waals surface area contributed by atoms with Crippen LogP contribution >= 0.6 is 0 Å². The summed E-state index contributed by atoms with van der Waals surface area (Å²) in [4.78, 5) is 10.8. The monoisotopic (exact) mass is 209 g/mol. The second-order valence-corrected chi connectivity index (χ2v) is 3.29. The molecule has 0 radical (unpaired) electrons. The molecule has 0 aliphatic rings. The van der Waals surface area contributed by atoms with Crippen LogP contribution in [0.2, 0.25) is 0 Å². The van der Waals surface area contributed by atoms with Crippen molar-refractivity contribution >= 4 is 17.5 Å². The van der Waals surface area contributed by atoms with Crippen molar-refractivity contribution in [2.45, 2.75) is 20.8 Å². The molecule has 5 heteroatoms. The second-order valence-electron chi connectivity index (χ2n) is 3.29. The van der Waals surface area contributed by atoms with Gasteiger partial charge in [0.25, 0.3) is 0 Å². The summed E-state index contributed by atoms with van der Waals surface area (Å²) < 4.78 is 0. The first-order chi connectivity index (χ1) is 7.13. The fraction of sp³-hybridized carbons (Fsp3) is 0.600. The number of aromatic nitrogens is 2. The van der Waals surface area contributed by atoms with Gasteiger partial charge >= 0.3 is 0 Å². The minimum absolute atomic E-state index is 0.619. The van der Waals surface area contributed by atoms with E-state index in [0.717, 1.165) is 24.7 Å². The second kappa shape index (κ2) is 4.82. The van der Waals surface area contributed by atoms with Crippen LogP contribution in [-0.4, -0.2) is 30.1 Å². The molecule has 0 amide bonds. The van der Waals surface area contributed by atoms with Crippen LogP contribution in [0, 0.1) is 6.92 Å². The lowest BCUT2D eigenvalue weighted by Gasteiger charge is -2.20. The molecule has 0 unspecified atom stereocenters. The number of hydrogen-bond acceptors (Lipinski definition) is 5. The first kappa shape index (κ1) is 11.6. The summed E-state index contributed by atoms with van der Waals surface area (Å²) in [5.41, 5.74) is 7.27. The summed E-state index contributed by atoms with van der Waals surface area (Å²) in [7, 11) is 1.81. The van der Waals surface area contributed by atoms with Gasteiger partial charge in [-0.3, -0.25) is 0 Å². The van der Waals surface area contributed by atoms with Crippen LogP contribution in [-0.2, 0) is 0 Å². The third-order valence-corrected chi connectivity index (χ3v) is 2.41. The largest absolute Gasteiger partial charge is 0.394 e. The predicted molar refractivity (Wildman–Crippen MR) is 64.3 cm³/mol. The quantitative estimate of drug-likeness (QED) is 0.781. The maximum Gasteiger partial charge on any atom is 0.227 e. The highest BCUT2D eigenvalue weighted by atomic mass is 15.3. The van der Waals surface area contributed by atoms with Gasteiger partial charge in [0.1, 0.15) is 0 Å². The minimum Gasteiger partial charge on any atom is -0.394 e. The molecule has 5 nitrogen and oxygen atoms in total. The number of nitrogens with one attached hydrogen (secondary N) is 1. The SMILES string of the molecule is CCN(CC)c1nc(C)c(N)c(NC)n1. The molecule has 0 saturated heterocycles. The Morgan fingerprint density at radius 1 is 1.27 bits per heavy atom. The normalized spacial score (nSPS) is 10.1. The Kier molecular flexibility index (Phi) is 3.71. The number of hydrogen-bond donors (Lipinski definition) is 2. The summed E-state index contributed by atoms with van der Waals surface area (Å²) in [5.74, 6) is 1.43. The van der Waals surface area contributed by atoms with Crippen molar-refractivity contribution in [2.75, 3.05) is 36.1 Å². The lowest BCUT2D eigenvalue weighted by atomic mass is 10.3. The van der Waals surface area contributed by atoms with Crippen LogP contribution in [0.1, 0.15) is 19.5 Å². The van der Waals surface area contributed by atoms with Crippen LogP contribution in [0.25, 0.3) is 0 Å². The van der Waals surface area contributed by atoms with E-state index in [-0.39, 0.29) is 0 Å². The predicted octanol–water partition coefficient (Wildman–Crippen LogP) is 1.26. The lowest BCUT2D eigenvalue weighted by Crippen LogP contribution is -2.25. The molecule has 0 fully saturated rings. The van der Waals surface area contributed by atoms with E-state index in [0.29, 0.717) is 11.5 Å². The average molecular weight is 209 g/mol. The van der Waals surface area contributed by atoms with E-state index < -0.39 is 0 Å². The van der Waals surface area contributed by atoms with Crippen LogP contribution in [0.15, 0.2) is 0 Å². The number of rotatable bonds is 4. The molecule has 1 aromatic rings. The summed E-state index contributed by atoms with van der Waals surface area (Å²) >= 11 is 0. The third-order valence-electron chi connectivity index (χ3n) is 2.41. The Morgan fingerprint density at radius 2 is 1.87 bits per heavy atom. The molecule has 84 valence electrons. The zero-order valence-corrected chi connectivity index (χ0v) is 9.83. The third kappa shape index (κ3) is 2.29. The molecule has 0 bridgehead atoms. The topological polar surface area (TPSA) is 67.1 Å². The van der Waals surface area contributed by atoms with Crippen LogP contribution in [0.4, 0.5) is 17.5 Å². The van der Waals surface area contributed by atoms with E-state index in [9.17, 15) is 0 Å². The van der Waals surface area contributed by atoms with E-state index >= 15 is 0 Å². The molecule has 1 aromatic heterocycles. The lowest BCUT2D eigenvalue weighted by molar-refractivity contribution is 0.818. The zero-order valence-electron chi connectivity index (χ0n) is 9.83. The van der Waals surface area contributed by atoms with E-state index in [1.165, 1.54) is 0 Å². The highest BCUT2D eigenvalue weighted by Crippen LogP contribution is 2.21. The standard InChI is InChI=1S/C10H19N5/c1-5-15(6-2)10-13-7(3)8(11)9(12-4)14-10/h5-6,11H2,1-4H3,(H,12,13,14). The van der Waals surface area contributed by atoms with Gasteiger partial charge in [0.05, 0.1) is 11.4 Å². The van der Waals surface area contributed by atoms with Gasteiger partial charge in [0.15, 0.2) is 5.82 Å². The van der Waals surface area contributed by atoms with Gasteiger partial charge in [-0.25, -0.2) is 4.98 Å². The molecule has 0 atom stereocenters. The van der Waals surface area contributed by atoms with Crippen molar-refractivity contribution in [2.24, 2.45) is 0 Å². The Hall–Kier alpha value is -1.52. The summed E-state index contributed by atoms with van der Waals surface area (Å²) in [6, 6.07) is 0. The van der Waals surface area contributed by atoms with E-state index in [1.807, 2.05) is 14.0 Å². The zero-order chi connectivity index (χ0) is 11.4. The van der Waals surface area contributed by atoms with Crippen molar-refractivity contribution in [3.05, 3.63) is 5.69 Å². The van der Waals surface area contributed by atoms with Crippen molar-refractivity contribution in [1.82, 2.24) is 9.97 Å². The Morgan fingerprint density at radius 3 is 2.33 bits per heavy atom. The number of nitrogen functional groups attached to an aromatic ring is 1. The first-order valence-electron chi connectivity index (χ1n) is 5.20. The molecule has 0 aliphatic carbocycles. The summed E-state index contributed by atoms with van der Waals surface area (Å²) in [6.07, 6.45) is 0. The van der Waals surface area contributed by atoms with E-state index in [4.69, 9.17) is 5.73 Å². The number of anilines is 3. The number of nitrogens with zero attached hydrogens (tertiary/aromatic N) is 3. The summed E-state index contributed by atoms with van der Waals surface area (Å²) in [5, 5.41) is 2.98. The maximum absolute atomic E-state index is 5.84. The van der Waals surface area contributed by atoms with Gasteiger partial charge in [0.2, 0.25) is 5.95 Å². The van der Waals surface area contributed by atoms with Crippen LogP contribution < -0.4 is 16.0 Å². The van der Waals surface area contributed by atoms with Gasteiger partial charge in [-0.1, -0.05) is 0 Å². The van der Waals surface area contributed by atoms with Crippen LogP contribution in [0.5, 0.6) is 0 Å². The molecule has 0 spiro atoms.